The Morgan fingerprint density at radius 1 is 1.26 bits per heavy atom. The first-order valence-electron chi connectivity index (χ1n) is 8.62. The van der Waals surface area contributed by atoms with E-state index in [-0.39, 0.29) is 15.0 Å². The lowest BCUT2D eigenvalue weighted by molar-refractivity contribution is -0.112. The molecule has 3 aromatic rings. The van der Waals surface area contributed by atoms with Crippen molar-refractivity contribution >= 4 is 61.5 Å². The molecule has 12 heteroatoms. The van der Waals surface area contributed by atoms with E-state index in [4.69, 9.17) is 23.2 Å². The van der Waals surface area contributed by atoms with E-state index in [2.05, 4.69) is 15.5 Å². The molecule has 0 atom stereocenters. The highest BCUT2D eigenvalue weighted by Gasteiger charge is 2.19. The summed E-state index contributed by atoms with van der Waals surface area (Å²) in [5.74, 6) is -0.729. The first kappa shape index (κ1) is 23.0. The number of halogens is 2. The Morgan fingerprint density at radius 2 is 1.97 bits per heavy atom. The Balaban J connectivity index is 1.93. The van der Waals surface area contributed by atoms with Gasteiger partial charge < -0.3 is 4.57 Å². The van der Waals surface area contributed by atoms with Crippen molar-refractivity contribution in [3.63, 3.8) is 0 Å². The lowest BCUT2D eigenvalue weighted by Crippen LogP contribution is -2.13. The molecule has 1 N–H and O–H groups in total. The van der Waals surface area contributed by atoms with Crippen molar-refractivity contribution in [3.8, 4) is 11.8 Å². The minimum atomic E-state index is -3.54. The number of nitrogens with one attached hydrogen (secondary N) is 1. The summed E-state index contributed by atoms with van der Waals surface area (Å²) in [6, 6.07) is 8.81. The van der Waals surface area contributed by atoms with Gasteiger partial charge in [-0.25, -0.2) is 8.42 Å². The van der Waals surface area contributed by atoms with Gasteiger partial charge in [-0.3, -0.25) is 10.1 Å². The Hall–Kier alpha value is -2.71. The molecule has 8 nitrogen and oxygen atoms in total. The number of anilines is 1. The predicted molar refractivity (Wildman–Crippen MR) is 121 cm³/mol. The van der Waals surface area contributed by atoms with E-state index >= 15 is 0 Å². The van der Waals surface area contributed by atoms with Crippen molar-refractivity contribution < 1.29 is 13.2 Å². The fraction of sp³-hybridized carbons (Fsp3) is 0.158. The van der Waals surface area contributed by atoms with Gasteiger partial charge in [-0.2, -0.15) is 5.26 Å². The fourth-order valence-corrected chi connectivity index (χ4v) is 4.84. The molecule has 0 radical (unpaired) electrons. The molecule has 0 unspecified atom stereocenters. The van der Waals surface area contributed by atoms with E-state index in [1.54, 1.807) is 18.2 Å². The first-order chi connectivity index (χ1) is 14.5. The van der Waals surface area contributed by atoms with E-state index < -0.39 is 15.7 Å². The summed E-state index contributed by atoms with van der Waals surface area (Å²) in [4.78, 5) is 12.5. The number of aromatic nitrogens is 3. The average molecular weight is 496 g/mol. The van der Waals surface area contributed by atoms with Crippen molar-refractivity contribution in [3.05, 3.63) is 56.8 Å². The number of aryl methyl sites for hydroxylation is 1. The minimum Gasteiger partial charge on any atom is -0.316 e. The van der Waals surface area contributed by atoms with Crippen LogP contribution >= 0.6 is 34.5 Å². The highest BCUT2D eigenvalue weighted by atomic mass is 35.5. The van der Waals surface area contributed by atoms with Crippen molar-refractivity contribution in [2.45, 2.75) is 18.2 Å². The number of amides is 1. The second-order valence-electron chi connectivity index (χ2n) is 6.53. The summed E-state index contributed by atoms with van der Waals surface area (Å²) in [7, 11) is -3.54. The number of benzene rings is 1. The lowest BCUT2D eigenvalue weighted by Gasteiger charge is -2.12. The summed E-state index contributed by atoms with van der Waals surface area (Å²) in [5, 5.41) is 20.0. The molecule has 1 aromatic carbocycles. The number of nitrogens with zero attached hydrogens (tertiary/aromatic N) is 4. The van der Waals surface area contributed by atoms with Crippen LogP contribution in [0, 0.1) is 25.2 Å². The molecule has 31 heavy (non-hydrogen) atoms. The molecule has 0 spiro atoms. The Morgan fingerprint density at radius 3 is 2.55 bits per heavy atom. The van der Waals surface area contributed by atoms with E-state index in [0.29, 0.717) is 32.6 Å². The maximum Gasteiger partial charge on any atom is 0.268 e. The lowest BCUT2D eigenvalue weighted by atomic mass is 10.1. The van der Waals surface area contributed by atoms with E-state index in [0.717, 1.165) is 17.6 Å². The number of rotatable bonds is 5. The zero-order chi connectivity index (χ0) is 22.9. The summed E-state index contributed by atoms with van der Waals surface area (Å²) in [6.45, 7) is 3.70. The van der Waals surface area contributed by atoms with Gasteiger partial charge in [0, 0.05) is 22.7 Å². The molecule has 2 heterocycles. The quantitative estimate of drug-likeness (QED) is 0.321. The maximum absolute atomic E-state index is 12.5. The molecule has 0 aliphatic rings. The second-order valence-corrected chi connectivity index (χ2v) is 10.5. The molecule has 1 amide bonds. The van der Waals surface area contributed by atoms with Crippen molar-refractivity contribution in [1.82, 2.24) is 14.8 Å². The van der Waals surface area contributed by atoms with Gasteiger partial charge in [0.2, 0.25) is 19.3 Å². The van der Waals surface area contributed by atoms with Crippen LogP contribution in [-0.2, 0) is 14.6 Å². The topological polar surface area (TPSA) is 118 Å². The van der Waals surface area contributed by atoms with Crippen molar-refractivity contribution in [1.29, 1.82) is 5.26 Å². The van der Waals surface area contributed by atoms with Crippen LogP contribution in [0.25, 0.3) is 11.8 Å². The maximum atomic E-state index is 12.5. The Labute approximate surface area is 192 Å². The molecule has 0 saturated carbocycles. The minimum absolute atomic E-state index is 0.0232. The molecule has 160 valence electrons. The fourth-order valence-electron chi connectivity index (χ4n) is 2.85. The highest BCUT2D eigenvalue weighted by molar-refractivity contribution is 7.92. The molecule has 3 rings (SSSR count). The summed E-state index contributed by atoms with van der Waals surface area (Å²) in [5.41, 5.74) is 2.78. The molecule has 0 saturated heterocycles. The summed E-state index contributed by atoms with van der Waals surface area (Å²) < 4.78 is 24.7. The largest absolute Gasteiger partial charge is 0.316 e. The molecule has 0 aliphatic heterocycles. The van der Waals surface area contributed by atoms with Crippen LogP contribution in [0.2, 0.25) is 10.0 Å². The number of carbonyl (C=O) groups is 1. The normalized spacial score (nSPS) is 11.9. The van der Waals surface area contributed by atoms with E-state index in [1.165, 1.54) is 6.08 Å². The molecule has 2 aromatic heterocycles. The van der Waals surface area contributed by atoms with Crippen molar-refractivity contribution in [2.75, 3.05) is 11.6 Å². The third-order valence-corrected chi connectivity index (χ3v) is 7.28. The van der Waals surface area contributed by atoms with Crippen molar-refractivity contribution in [2.24, 2.45) is 0 Å². The third-order valence-electron chi connectivity index (χ3n) is 4.23. The predicted octanol–water partition coefficient (Wildman–Crippen LogP) is 4.20. The number of hydrogen-bond acceptors (Lipinski definition) is 7. The zero-order valence-corrected chi connectivity index (χ0v) is 19.6. The number of carbonyl (C=O) groups excluding carboxylic acids is 1. The van der Waals surface area contributed by atoms with E-state index in [9.17, 15) is 18.5 Å². The van der Waals surface area contributed by atoms with Crippen LogP contribution in [0.4, 0.5) is 5.13 Å². The number of hydrogen-bond donors (Lipinski definition) is 1. The van der Waals surface area contributed by atoms with Crippen LogP contribution in [0.1, 0.15) is 17.0 Å². The van der Waals surface area contributed by atoms with Crippen LogP contribution in [0.15, 0.2) is 34.2 Å². The summed E-state index contributed by atoms with van der Waals surface area (Å²) >= 11 is 13.0. The Bertz CT molecular complexity index is 1370. The van der Waals surface area contributed by atoms with Crippen LogP contribution in [-0.4, -0.2) is 35.3 Å². The van der Waals surface area contributed by atoms with Gasteiger partial charge >= 0.3 is 0 Å². The number of nitriles is 1. The molecule has 0 aliphatic carbocycles. The molecule has 0 bridgehead atoms. The average Bonchev–Trinajstić information content (AvgIpc) is 3.25. The summed E-state index contributed by atoms with van der Waals surface area (Å²) in [6.07, 6.45) is 2.43. The van der Waals surface area contributed by atoms with E-state index in [1.807, 2.05) is 30.6 Å². The van der Waals surface area contributed by atoms with Gasteiger partial charge in [-0.15, -0.1) is 10.2 Å². The number of sulfone groups is 1. The first-order valence-corrected chi connectivity index (χ1v) is 12.1. The van der Waals surface area contributed by atoms with Crippen LogP contribution in [0.5, 0.6) is 0 Å². The standard InChI is InChI=1S/C19H15Cl2N5O3S2/c1-10-6-12(11(2)26(10)16-5-4-14(20)8-15(16)21)7-13(9-22)17(27)23-18-24-25-19(30-18)31(3,28)29/h4-8H,1-3H3,(H,23,24,27)/b13-7-. The molecular formula is C19H15Cl2N5O3S2. The molecule has 0 fully saturated rings. The van der Waals surface area contributed by atoms with Gasteiger partial charge in [0.1, 0.15) is 11.6 Å². The zero-order valence-electron chi connectivity index (χ0n) is 16.5. The van der Waals surface area contributed by atoms with Gasteiger partial charge in [-0.1, -0.05) is 34.5 Å². The van der Waals surface area contributed by atoms with Gasteiger partial charge in [0.15, 0.2) is 0 Å². The molecular weight excluding hydrogens is 481 g/mol. The van der Waals surface area contributed by atoms with Crippen LogP contribution < -0.4 is 5.32 Å². The second kappa shape index (κ2) is 8.80. The SMILES string of the molecule is Cc1cc(/C=C(/C#N)C(=O)Nc2nnc(S(C)(=O)=O)s2)c(C)n1-c1ccc(Cl)cc1Cl. The Kier molecular flexibility index (Phi) is 6.52. The highest BCUT2D eigenvalue weighted by Crippen LogP contribution is 2.29. The smallest absolute Gasteiger partial charge is 0.268 e. The monoisotopic (exact) mass is 495 g/mol. The third kappa shape index (κ3) is 4.97. The van der Waals surface area contributed by atoms with Gasteiger partial charge in [0.25, 0.3) is 5.91 Å². The van der Waals surface area contributed by atoms with Crippen LogP contribution in [0.3, 0.4) is 0 Å². The van der Waals surface area contributed by atoms with Gasteiger partial charge in [0.05, 0.1) is 10.7 Å². The van der Waals surface area contributed by atoms with Gasteiger partial charge in [-0.05, 0) is 49.8 Å².